The number of benzene rings is 2. The Morgan fingerprint density at radius 1 is 0.943 bits per heavy atom. The summed E-state index contributed by atoms with van der Waals surface area (Å²) in [4.78, 5) is 15.5. The Morgan fingerprint density at radius 2 is 1.49 bits per heavy atom. The molecule has 1 amide bonds. The zero-order chi connectivity index (χ0) is 26.4. The van der Waals surface area contributed by atoms with Gasteiger partial charge in [-0.15, -0.1) is 0 Å². The summed E-state index contributed by atoms with van der Waals surface area (Å²) >= 11 is 12.3. The molecule has 5 nitrogen and oxygen atoms in total. The number of rotatable bonds is 11. The SMILES string of the molecule is COc1cc(C(=O)N(CCCc2cc(Cl)cc(Cl)c2)CCO[Si](C)(C)C(C)(C)C)cc(OC)c1C. The van der Waals surface area contributed by atoms with E-state index in [1.54, 1.807) is 32.4 Å². The van der Waals surface area contributed by atoms with Gasteiger partial charge < -0.3 is 18.8 Å². The van der Waals surface area contributed by atoms with E-state index < -0.39 is 8.32 Å². The molecule has 0 saturated carbocycles. The van der Waals surface area contributed by atoms with Crippen molar-refractivity contribution in [2.24, 2.45) is 0 Å². The molecule has 0 aliphatic rings. The minimum absolute atomic E-state index is 0.0791. The molecule has 0 N–H and O–H groups in total. The highest BCUT2D eigenvalue weighted by molar-refractivity contribution is 6.74. The van der Waals surface area contributed by atoms with Gasteiger partial charge in [0.2, 0.25) is 0 Å². The molecule has 0 fully saturated rings. The van der Waals surface area contributed by atoms with E-state index in [4.69, 9.17) is 37.1 Å². The molecule has 0 spiro atoms. The van der Waals surface area contributed by atoms with Gasteiger partial charge in [0.25, 0.3) is 5.91 Å². The highest BCUT2D eigenvalue weighted by atomic mass is 35.5. The molecule has 0 aliphatic carbocycles. The van der Waals surface area contributed by atoms with Crippen LogP contribution in [-0.4, -0.2) is 53.0 Å². The van der Waals surface area contributed by atoms with E-state index in [-0.39, 0.29) is 10.9 Å². The van der Waals surface area contributed by atoms with Gasteiger partial charge in [0, 0.05) is 34.3 Å². The lowest BCUT2D eigenvalue weighted by atomic mass is 10.1. The number of ether oxygens (including phenoxy) is 2. The van der Waals surface area contributed by atoms with Crippen molar-refractivity contribution >= 4 is 37.4 Å². The van der Waals surface area contributed by atoms with Crippen LogP contribution in [-0.2, 0) is 10.8 Å². The van der Waals surface area contributed by atoms with Gasteiger partial charge in [-0.05, 0) is 73.8 Å². The van der Waals surface area contributed by atoms with E-state index in [9.17, 15) is 4.79 Å². The van der Waals surface area contributed by atoms with Gasteiger partial charge in [0.1, 0.15) is 11.5 Å². The summed E-state index contributed by atoms with van der Waals surface area (Å²) in [5.41, 5.74) is 2.44. The maximum atomic E-state index is 13.6. The number of hydrogen-bond donors (Lipinski definition) is 0. The molecule has 194 valence electrons. The van der Waals surface area contributed by atoms with Crippen molar-refractivity contribution in [1.82, 2.24) is 4.90 Å². The number of methoxy groups -OCH3 is 2. The first-order valence-corrected chi connectivity index (χ1v) is 15.6. The molecule has 0 saturated heterocycles. The third kappa shape index (κ3) is 8.14. The quantitative estimate of drug-likeness (QED) is 0.279. The van der Waals surface area contributed by atoms with Gasteiger partial charge in [-0.1, -0.05) is 44.0 Å². The lowest BCUT2D eigenvalue weighted by molar-refractivity contribution is 0.0722. The molecule has 0 bridgehead atoms. The second-order valence-corrected chi connectivity index (χ2v) is 16.0. The van der Waals surface area contributed by atoms with Crippen LogP contribution in [0, 0.1) is 6.92 Å². The van der Waals surface area contributed by atoms with Crippen LogP contribution in [0.1, 0.15) is 48.7 Å². The molecule has 2 rings (SSSR count). The molecule has 0 heterocycles. The summed E-state index contributed by atoms with van der Waals surface area (Å²) in [6.45, 7) is 14.5. The average Bonchev–Trinajstić information content (AvgIpc) is 2.76. The predicted molar refractivity (Wildman–Crippen MR) is 148 cm³/mol. The summed E-state index contributed by atoms with van der Waals surface area (Å²) in [5, 5.41) is 1.33. The fourth-order valence-electron chi connectivity index (χ4n) is 3.56. The second kappa shape index (κ2) is 12.5. The normalized spacial score (nSPS) is 11.9. The number of carbonyl (C=O) groups is 1. The molecular formula is C27H39Cl2NO4Si. The Morgan fingerprint density at radius 3 is 1.97 bits per heavy atom. The van der Waals surface area contributed by atoms with Crippen LogP contribution in [0.15, 0.2) is 30.3 Å². The largest absolute Gasteiger partial charge is 0.496 e. The lowest BCUT2D eigenvalue weighted by Gasteiger charge is -2.37. The van der Waals surface area contributed by atoms with Crippen molar-refractivity contribution < 1.29 is 18.7 Å². The topological polar surface area (TPSA) is 48.0 Å². The minimum atomic E-state index is -1.93. The Kier molecular flexibility index (Phi) is 10.5. The molecule has 35 heavy (non-hydrogen) atoms. The van der Waals surface area contributed by atoms with Gasteiger partial charge in [-0.3, -0.25) is 4.79 Å². The van der Waals surface area contributed by atoms with Crippen LogP contribution in [0.4, 0.5) is 0 Å². The highest BCUT2D eigenvalue weighted by Gasteiger charge is 2.37. The van der Waals surface area contributed by atoms with E-state index in [2.05, 4.69) is 33.9 Å². The van der Waals surface area contributed by atoms with Gasteiger partial charge in [0.05, 0.1) is 20.8 Å². The molecule has 2 aromatic carbocycles. The second-order valence-electron chi connectivity index (χ2n) is 10.3. The van der Waals surface area contributed by atoms with Crippen LogP contribution in [0.2, 0.25) is 28.2 Å². The number of nitrogens with zero attached hydrogens (tertiary/aromatic N) is 1. The third-order valence-corrected chi connectivity index (χ3v) is 11.7. The van der Waals surface area contributed by atoms with Crippen molar-refractivity contribution in [1.29, 1.82) is 0 Å². The lowest BCUT2D eigenvalue weighted by Crippen LogP contribution is -2.43. The summed E-state index contributed by atoms with van der Waals surface area (Å²) in [6, 6.07) is 9.10. The van der Waals surface area contributed by atoms with Crippen molar-refractivity contribution in [2.75, 3.05) is 33.9 Å². The molecule has 0 atom stereocenters. The zero-order valence-electron chi connectivity index (χ0n) is 22.3. The van der Waals surface area contributed by atoms with Crippen LogP contribution in [0.5, 0.6) is 11.5 Å². The van der Waals surface area contributed by atoms with Gasteiger partial charge in [0.15, 0.2) is 8.32 Å². The zero-order valence-corrected chi connectivity index (χ0v) is 24.8. The molecule has 0 aliphatic heterocycles. The summed E-state index contributed by atoms with van der Waals surface area (Å²) in [5.74, 6) is 1.17. The summed E-state index contributed by atoms with van der Waals surface area (Å²) < 4.78 is 17.4. The standard InChI is InChI=1S/C27H39Cl2NO4Si/c1-19-24(32-5)16-21(17-25(19)33-6)26(31)30(12-13-34-35(7,8)27(2,3)4)11-9-10-20-14-22(28)18-23(29)15-20/h14-18H,9-13H2,1-8H3. The van der Waals surface area contributed by atoms with E-state index >= 15 is 0 Å². The van der Waals surface area contributed by atoms with Crippen molar-refractivity contribution in [3.05, 3.63) is 57.1 Å². The molecule has 0 aromatic heterocycles. The number of carbonyl (C=O) groups excluding carboxylic acids is 1. The maximum Gasteiger partial charge on any atom is 0.254 e. The predicted octanol–water partition coefficient (Wildman–Crippen LogP) is 7.42. The minimum Gasteiger partial charge on any atom is -0.496 e. The smallest absolute Gasteiger partial charge is 0.254 e. The molecule has 2 aromatic rings. The number of halogens is 2. The van der Waals surface area contributed by atoms with Gasteiger partial charge >= 0.3 is 0 Å². The maximum absolute atomic E-state index is 13.6. The van der Waals surface area contributed by atoms with E-state index in [1.807, 2.05) is 24.0 Å². The van der Waals surface area contributed by atoms with Crippen LogP contribution < -0.4 is 9.47 Å². The van der Waals surface area contributed by atoms with Crippen LogP contribution in [0.3, 0.4) is 0 Å². The fourth-order valence-corrected chi connectivity index (χ4v) is 5.17. The Balaban J connectivity index is 2.22. The van der Waals surface area contributed by atoms with Gasteiger partial charge in [-0.25, -0.2) is 0 Å². The van der Waals surface area contributed by atoms with Crippen molar-refractivity contribution in [3.8, 4) is 11.5 Å². The van der Waals surface area contributed by atoms with Gasteiger partial charge in [-0.2, -0.15) is 0 Å². The number of amides is 1. The van der Waals surface area contributed by atoms with Crippen molar-refractivity contribution in [2.45, 2.75) is 58.7 Å². The fraction of sp³-hybridized carbons (Fsp3) is 0.519. The first-order chi connectivity index (χ1) is 16.3. The Labute approximate surface area is 221 Å². The Bertz CT molecular complexity index is 975. The summed E-state index contributed by atoms with van der Waals surface area (Å²) in [6.07, 6.45) is 1.52. The number of aryl methyl sites for hydroxylation is 1. The summed E-state index contributed by atoms with van der Waals surface area (Å²) in [7, 11) is 1.26. The molecule has 0 unspecified atom stereocenters. The molecule has 0 radical (unpaired) electrons. The monoisotopic (exact) mass is 539 g/mol. The van der Waals surface area contributed by atoms with Crippen LogP contribution in [0.25, 0.3) is 0 Å². The first-order valence-electron chi connectivity index (χ1n) is 11.9. The third-order valence-electron chi connectivity index (χ3n) is 6.73. The van der Waals surface area contributed by atoms with E-state index in [1.165, 1.54) is 0 Å². The highest BCUT2D eigenvalue weighted by Crippen LogP contribution is 2.36. The van der Waals surface area contributed by atoms with Crippen LogP contribution >= 0.6 is 23.2 Å². The first kappa shape index (κ1) is 29.5. The number of hydrogen-bond acceptors (Lipinski definition) is 4. The average molecular weight is 541 g/mol. The Hall–Kier alpha value is -1.73. The molecular weight excluding hydrogens is 501 g/mol. The van der Waals surface area contributed by atoms with E-state index in [0.29, 0.717) is 46.8 Å². The molecule has 8 heteroatoms. The van der Waals surface area contributed by atoms with Crippen molar-refractivity contribution in [3.63, 3.8) is 0 Å². The van der Waals surface area contributed by atoms with E-state index in [0.717, 1.165) is 24.0 Å².